The average Bonchev–Trinajstić information content (AvgIpc) is 2.74. The highest BCUT2D eigenvalue weighted by Gasteiger charge is 2.52. The molecule has 3 rings (SSSR count). The first-order valence-electron chi connectivity index (χ1n) is 8.78. The van der Waals surface area contributed by atoms with Crippen molar-refractivity contribution in [2.45, 2.75) is 51.9 Å². The quantitative estimate of drug-likeness (QED) is 0.775. The lowest BCUT2D eigenvalue weighted by atomic mass is 9.78. The molecular formula is C18H27BCl2N2O3. The molecule has 0 saturated carbocycles. The van der Waals surface area contributed by atoms with E-state index in [1.807, 2.05) is 38.7 Å². The number of nitrogens with zero attached hydrogens (tertiary/aromatic N) is 1. The summed E-state index contributed by atoms with van der Waals surface area (Å²) in [7, 11) is -0.527. The molecule has 1 unspecified atom stereocenters. The van der Waals surface area contributed by atoms with Gasteiger partial charge in [0, 0.05) is 41.7 Å². The van der Waals surface area contributed by atoms with Crippen molar-refractivity contribution in [2.75, 3.05) is 19.6 Å². The van der Waals surface area contributed by atoms with Crippen LogP contribution >= 0.6 is 24.0 Å². The van der Waals surface area contributed by atoms with Crippen LogP contribution in [-0.2, 0) is 9.31 Å². The van der Waals surface area contributed by atoms with Gasteiger partial charge in [-0.25, -0.2) is 0 Å². The van der Waals surface area contributed by atoms with Gasteiger partial charge in [0.2, 0.25) is 0 Å². The maximum absolute atomic E-state index is 12.7. The van der Waals surface area contributed by atoms with Gasteiger partial charge in [0.1, 0.15) is 0 Å². The van der Waals surface area contributed by atoms with Gasteiger partial charge in [-0.05, 0) is 46.8 Å². The molecule has 0 bridgehead atoms. The summed E-state index contributed by atoms with van der Waals surface area (Å²) >= 11 is 6.46. The summed E-state index contributed by atoms with van der Waals surface area (Å²) in [6.07, 6.45) is 0. The molecule has 0 spiro atoms. The van der Waals surface area contributed by atoms with Crippen molar-refractivity contribution >= 4 is 42.5 Å². The van der Waals surface area contributed by atoms with Crippen LogP contribution in [-0.4, -0.2) is 54.8 Å². The number of halogens is 2. The number of hydrogen-bond acceptors (Lipinski definition) is 4. The number of nitrogens with one attached hydrogen (secondary N) is 1. The number of hydrogen-bond donors (Lipinski definition) is 1. The van der Waals surface area contributed by atoms with Crippen LogP contribution in [0.2, 0.25) is 5.02 Å². The number of amides is 1. The molecule has 1 aromatic carbocycles. The second-order valence-corrected chi connectivity index (χ2v) is 8.34. The molecule has 2 aliphatic rings. The zero-order chi connectivity index (χ0) is 18.4. The van der Waals surface area contributed by atoms with E-state index in [0.717, 1.165) is 12.0 Å². The lowest BCUT2D eigenvalue weighted by Gasteiger charge is -2.32. The molecular weight excluding hydrogens is 374 g/mol. The number of carbonyl (C=O) groups excluding carboxylic acids is 1. The maximum atomic E-state index is 12.7. The Morgan fingerprint density at radius 2 is 1.88 bits per heavy atom. The van der Waals surface area contributed by atoms with Gasteiger partial charge in [-0.3, -0.25) is 4.79 Å². The Bertz CT molecular complexity index is 668. The van der Waals surface area contributed by atoms with Gasteiger partial charge in [0.05, 0.1) is 11.2 Å². The molecule has 2 fully saturated rings. The lowest BCUT2D eigenvalue weighted by molar-refractivity contribution is 0.00578. The average molecular weight is 401 g/mol. The van der Waals surface area contributed by atoms with Crippen LogP contribution in [0.4, 0.5) is 0 Å². The zero-order valence-corrected chi connectivity index (χ0v) is 17.5. The largest absolute Gasteiger partial charge is 0.496 e. The van der Waals surface area contributed by atoms with E-state index in [-0.39, 0.29) is 18.3 Å². The van der Waals surface area contributed by atoms with Crippen LogP contribution < -0.4 is 10.8 Å². The lowest BCUT2D eigenvalue weighted by Crippen LogP contribution is -2.51. The van der Waals surface area contributed by atoms with Crippen molar-refractivity contribution in [1.29, 1.82) is 0 Å². The van der Waals surface area contributed by atoms with Crippen molar-refractivity contribution in [1.82, 2.24) is 10.2 Å². The Kier molecular flexibility index (Phi) is 6.36. The van der Waals surface area contributed by atoms with Crippen LogP contribution in [0.3, 0.4) is 0 Å². The van der Waals surface area contributed by atoms with Crippen molar-refractivity contribution in [3.05, 3.63) is 28.8 Å². The monoisotopic (exact) mass is 400 g/mol. The highest BCUT2D eigenvalue weighted by Crippen LogP contribution is 2.37. The summed E-state index contributed by atoms with van der Waals surface area (Å²) in [6.45, 7) is 12.3. The molecule has 5 nitrogen and oxygen atoms in total. The highest BCUT2D eigenvalue weighted by atomic mass is 35.5. The van der Waals surface area contributed by atoms with Crippen LogP contribution in [0.25, 0.3) is 0 Å². The minimum atomic E-state index is -0.527. The van der Waals surface area contributed by atoms with Gasteiger partial charge < -0.3 is 19.5 Å². The summed E-state index contributed by atoms with van der Waals surface area (Å²) in [6, 6.07) is 5.67. The first kappa shape index (κ1) is 21.5. The van der Waals surface area contributed by atoms with E-state index in [4.69, 9.17) is 20.9 Å². The molecule has 1 amide bonds. The molecule has 26 heavy (non-hydrogen) atoms. The Hall–Kier alpha value is -0.785. The van der Waals surface area contributed by atoms with Crippen LogP contribution in [0.15, 0.2) is 18.2 Å². The molecule has 0 radical (unpaired) electrons. The minimum absolute atomic E-state index is 0. The minimum Gasteiger partial charge on any atom is -0.399 e. The van der Waals surface area contributed by atoms with Crippen molar-refractivity contribution in [3.8, 4) is 0 Å². The van der Waals surface area contributed by atoms with Gasteiger partial charge >= 0.3 is 7.12 Å². The van der Waals surface area contributed by atoms with Crippen molar-refractivity contribution < 1.29 is 14.1 Å². The van der Waals surface area contributed by atoms with Crippen LogP contribution in [0, 0.1) is 0 Å². The second kappa shape index (κ2) is 7.68. The molecule has 1 atom stereocenters. The first-order chi connectivity index (χ1) is 11.6. The van der Waals surface area contributed by atoms with E-state index < -0.39 is 18.3 Å². The molecule has 8 heteroatoms. The summed E-state index contributed by atoms with van der Waals surface area (Å²) in [5, 5.41) is 3.83. The Balaban J connectivity index is 0.00000243. The van der Waals surface area contributed by atoms with E-state index in [9.17, 15) is 4.79 Å². The predicted octanol–water partition coefficient (Wildman–Crippen LogP) is 2.49. The van der Waals surface area contributed by atoms with Crippen molar-refractivity contribution in [3.63, 3.8) is 0 Å². The van der Waals surface area contributed by atoms with Gasteiger partial charge in [-0.15, -0.1) is 12.4 Å². The van der Waals surface area contributed by atoms with Crippen molar-refractivity contribution in [2.24, 2.45) is 0 Å². The van der Waals surface area contributed by atoms with Gasteiger partial charge in [-0.2, -0.15) is 0 Å². The van der Waals surface area contributed by atoms with E-state index in [2.05, 4.69) is 12.2 Å². The fourth-order valence-electron chi connectivity index (χ4n) is 3.12. The predicted molar refractivity (Wildman–Crippen MR) is 108 cm³/mol. The maximum Gasteiger partial charge on any atom is 0.496 e. The summed E-state index contributed by atoms with van der Waals surface area (Å²) in [5.41, 5.74) is 0.503. The molecule has 1 aromatic rings. The molecule has 0 aromatic heterocycles. The fourth-order valence-corrected chi connectivity index (χ4v) is 3.39. The van der Waals surface area contributed by atoms with Gasteiger partial charge in [0.15, 0.2) is 0 Å². The van der Waals surface area contributed by atoms with E-state index in [1.165, 1.54) is 0 Å². The second-order valence-electron chi connectivity index (χ2n) is 7.93. The fraction of sp³-hybridized carbons (Fsp3) is 0.611. The first-order valence-corrected chi connectivity index (χ1v) is 9.16. The number of rotatable bonds is 2. The summed E-state index contributed by atoms with van der Waals surface area (Å²) in [4.78, 5) is 14.6. The molecule has 2 aliphatic heterocycles. The Morgan fingerprint density at radius 3 is 2.42 bits per heavy atom. The van der Waals surface area contributed by atoms with E-state index in [0.29, 0.717) is 29.7 Å². The number of piperazine rings is 1. The molecule has 0 aliphatic carbocycles. The third kappa shape index (κ3) is 4.05. The van der Waals surface area contributed by atoms with E-state index >= 15 is 0 Å². The molecule has 144 valence electrons. The smallest absolute Gasteiger partial charge is 0.399 e. The number of benzene rings is 1. The van der Waals surface area contributed by atoms with Gasteiger partial charge in [-0.1, -0.05) is 17.7 Å². The standard InChI is InChI=1S/C18H26BClN2O3.ClH/c1-12-11-22(9-8-21-12)16(23)13-6-7-14(15(20)10-13)19-24-17(2,3)18(4,5)25-19;/h6-7,10,12,21H,8-9,11H2,1-5H3;1H. The molecule has 2 saturated heterocycles. The molecule has 1 N–H and O–H groups in total. The van der Waals surface area contributed by atoms with Crippen LogP contribution in [0.1, 0.15) is 45.0 Å². The molecule has 2 heterocycles. The highest BCUT2D eigenvalue weighted by molar-refractivity contribution is 6.65. The summed E-state index contributed by atoms with van der Waals surface area (Å²) < 4.78 is 12.1. The topological polar surface area (TPSA) is 50.8 Å². The number of carbonyl (C=O) groups is 1. The summed E-state index contributed by atoms with van der Waals surface area (Å²) in [5.74, 6) is 0.00992. The Labute approximate surface area is 167 Å². The third-order valence-corrected chi connectivity index (χ3v) is 5.74. The third-order valence-electron chi connectivity index (χ3n) is 5.41. The zero-order valence-electron chi connectivity index (χ0n) is 16.0. The Morgan fingerprint density at radius 1 is 1.27 bits per heavy atom. The van der Waals surface area contributed by atoms with E-state index in [1.54, 1.807) is 12.1 Å². The van der Waals surface area contributed by atoms with Gasteiger partial charge in [0.25, 0.3) is 5.91 Å². The SMILES string of the molecule is CC1CN(C(=O)c2ccc(B3OC(C)(C)C(C)(C)O3)c(Cl)c2)CCN1.Cl. The normalized spacial score (nSPS) is 24.3. The van der Waals surface area contributed by atoms with Crippen LogP contribution in [0.5, 0.6) is 0 Å².